The van der Waals surface area contributed by atoms with Crippen molar-refractivity contribution in [1.29, 1.82) is 0 Å². The molecule has 0 aromatic carbocycles. The van der Waals surface area contributed by atoms with Crippen molar-refractivity contribution in [3.8, 4) is 0 Å². The van der Waals surface area contributed by atoms with Crippen LogP contribution in [0.15, 0.2) is 6.07 Å². The Morgan fingerprint density at radius 2 is 2.20 bits per heavy atom. The van der Waals surface area contributed by atoms with Gasteiger partial charge in [-0.25, -0.2) is 9.50 Å². The Bertz CT molecular complexity index is 811. The fraction of sp³-hybridized carbons (Fsp3) is 0.667. The second-order valence-corrected chi connectivity index (χ2v) is 7.34. The van der Waals surface area contributed by atoms with E-state index in [4.69, 9.17) is 4.74 Å². The van der Waals surface area contributed by atoms with Crippen LogP contribution in [-0.2, 0) is 16.0 Å². The van der Waals surface area contributed by atoms with Gasteiger partial charge in [-0.2, -0.15) is 4.98 Å². The van der Waals surface area contributed by atoms with Gasteiger partial charge in [0.2, 0.25) is 5.91 Å². The number of rotatable bonds is 5. The Morgan fingerprint density at radius 1 is 1.40 bits per heavy atom. The van der Waals surface area contributed by atoms with Crippen LogP contribution in [0.25, 0.3) is 5.78 Å². The van der Waals surface area contributed by atoms with E-state index >= 15 is 0 Å². The quantitative estimate of drug-likeness (QED) is 0.894. The van der Waals surface area contributed by atoms with Gasteiger partial charge in [-0.3, -0.25) is 4.79 Å². The van der Waals surface area contributed by atoms with Gasteiger partial charge in [-0.05, 0) is 46.1 Å². The normalized spacial score (nSPS) is 24.1. The number of carbonyl (C=O) groups excluding carboxylic acids is 1. The first-order chi connectivity index (χ1) is 12.0. The fourth-order valence-corrected chi connectivity index (χ4v) is 4.31. The molecule has 1 amide bonds. The molecule has 2 saturated carbocycles. The van der Waals surface area contributed by atoms with Gasteiger partial charge in [-0.15, -0.1) is 5.10 Å². The van der Waals surface area contributed by atoms with Gasteiger partial charge in [0, 0.05) is 29.5 Å². The molecule has 7 nitrogen and oxygen atoms in total. The molecular formula is C18H25N5O2. The molecule has 1 N–H and O–H groups in total. The van der Waals surface area contributed by atoms with Gasteiger partial charge >= 0.3 is 0 Å². The number of carbonyl (C=O) groups is 1. The van der Waals surface area contributed by atoms with Crippen molar-refractivity contribution in [2.75, 3.05) is 6.61 Å². The summed E-state index contributed by atoms with van der Waals surface area (Å²) < 4.78 is 7.53. The topological polar surface area (TPSA) is 81.4 Å². The monoisotopic (exact) mass is 343 g/mol. The molecular weight excluding hydrogens is 318 g/mol. The van der Waals surface area contributed by atoms with Crippen LogP contribution >= 0.6 is 0 Å². The maximum atomic E-state index is 12.5. The van der Waals surface area contributed by atoms with Crippen LogP contribution in [0.1, 0.15) is 49.8 Å². The van der Waals surface area contributed by atoms with Gasteiger partial charge in [0.25, 0.3) is 5.78 Å². The third-order valence-corrected chi connectivity index (χ3v) is 5.75. The minimum Gasteiger partial charge on any atom is -0.378 e. The second kappa shape index (κ2) is 6.05. The number of hydrogen-bond donors (Lipinski definition) is 1. The van der Waals surface area contributed by atoms with Crippen molar-refractivity contribution in [2.45, 2.75) is 65.0 Å². The summed E-state index contributed by atoms with van der Waals surface area (Å²) >= 11 is 0. The van der Waals surface area contributed by atoms with Gasteiger partial charge in [0.15, 0.2) is 5.82 Å². The van der Waals surface area contributed by atoms with Crippen molar-refractivity contribution >= 4 is 11.7 Å². The van der Waals surface area contributed by atoms with Gasteiger partial charge < -0.3 is 10.1 Å². The zero-order valence-electron chi connectivity index (χ0n) is 15.1. The molecule has 0 unspecified atom stereocenters. The number of amides is 1. The average molecular weight is 343 g/mol. The summed E-state index contributed by atoms with van der Waals surface area (Å²) in [5.74, 6) is 1.05. The van der Waals surface area contributed by atoms with E-state index in [9.17, 15) is 4.79 Å². The molecule has 0 aliphatic heterocycles. The van der Waals surface area contributed by atoms with Crippen LogP contribution in [0.4, 0.5) is 0 Å². The number of nitrogens with one attached hydrogen (secondary N) is 1. The Hall–Kier alpha value is -2.02. The van der Waals surface area contributed by atoms with Crippen LogP contribution in [0.3, 0.4) is 0 Å². The molecule has 2 aromatic rings. The molecule has 1 spiro atoms. The van der Waals surface area contributed by atoms with E-state index in [1.807, 2.05) is 26.8 Å². The van der Waals surface area contributed by atoms with Gasteiger partial charge in [0.1, 0.15) is 0 Å². The molecule has 2 fully saturated rings. The zero-order chi connectivity index (χ0) is 17.6. The minimum atomic E-state index is -0.0171. The first-order valence-electron chi connectivity index (χ1n) is 9.12. The Labute approximate surface area is 147 Å². The first-order valence-corrected chi connectivity index (χ1v) is 9.12. The smallest absolute Gasteiger partial charge is 0.252 e. The van der Waals surface area contributed by atoms with Crippen LogP contribution < -0.4 is 5.32 Å². The predicted molar refractivity (Wildman–Crippen MR) is 92.2 cm³/mol. The van der Waals surface area contributed by atoms with E-state index in [-0.39, 0.29) is 23.8 Å². The van der Waals surface area contributed by atoms with Gasteiger partial charge in [-0.1, -0.05) is 6.42 Å². The van der Waals surface area contributed by atoms with Crippen molar-refractivity contribution < 1.29 is 9.53 Å². The molecule has 0 bridgehead atoms. The van der Waals surface area contributed by atoms with Crippen molar-refractivity contribution in [3.05, 3.63) is 23.3 Å². The van der Waals surface area contributed by atoms with Crippen molar-refractivity contribution in [2.24, 2.45) is 5.41 Å². The summed E-state index contributed by atoms with van der Waals surface area (Å²) in [4.78, 5) is 21.2. The third-order valence-electron chi connectivity index (χ3n) is 5.75. The number of hydrogen-bond acceptors (Lipinski definition) is 5. The molecule has 134 valence electrons. The summed E-state index contributed by atoms with van der Waals surface area (Å²) in [5.41, 5.74) is 2.04. The molecule has 2 aliphatic rings. The molecule has 0 saturated heterocycles. The number of fused-ring (bicyclic) bond motifs is 1. The Morgan fingerprint density at radius 3 is 2.88 bits per heavy atom. The highest BCUT2D eigenvalue weighted by molar-refractivity contribution is 5.78. The highest BCUT2D eigenvalue weighted by Gasteiger charge is 2.59. The highest BCUT2D eigenvalue weighted by atomic mass is 16.5. The van der Waals surface area contributed by atoms with E-state index in [1.54, 1.807) is 4.52 Å². The lowest BCUT2D eigenvalue weighted by molar-refractivity contribution is -0.175. The number of aromatic nitrogens is 4. The molecule has 0 radical (unpaired) electrons. The standard InChI is InChI=1S/C18H25N5O2/c1-4-25-14-9-13(18(14)6-5-7-18)20-16(24)10-15-21-17-19-11(2)8-12(3)23(17)22-15/h8,13-14H,4-7,9-10H2,1-3H3,(H,20,24)/t13-,14+/m1/s1. The van der Waals surface area contributed by atoms with E-state index in [0.29, 0.717) is 17.7 Å². The predicted octanol–water partition coefficient (Wildman–Crippen LogP) is 1.75. The lowest BCUT2D eigenvalue weighted by Crippen LogP contribution is -2.67. The summed E-state index contributed by atoms with van der Waals surface area (Å²) in [5, 5.41) is 7.60. The maximum Gasteiger partial charge on any atom is 0.252 e. The second-order valence-electron chi connectivity index (χ2n) is 7.34. The van der Waals surface area contributed by atoms with E-state index in [1.165, 1.54) is 6.42 Å². The Balaban J connectivity index is 1.42. The van der Waals surface area contributed by atoms with Crippen LogP contribution in [-0.4, -0.2) is 44.2 Å². The van der Waals surface area contributed by atoms with Crippen molar-refractivity contribution in [3.63, 3.8) is 0 Å². The summed E-state index contributed by atoms with van der Waals surface area (Å²) in [6.45, 7) is 6.66. The summed E-state index contributed by atoms with van der Waals surface area (Å²) in [6, 6.07) is 2.18. The number of nitrogens with zero attached hydrogens (tertiary/aromatic N) is 4. The van der Waals surface area contributed by atoms with E-state index in [2.05, 4.69) is 20.4 Å². The van der Waals surface area contributed by atoms with Gasteiger partial charge in [0.05, 0.1) is 12.5 Å². The number of aryl methyl sites for hydroxylation is 2. The molecule has 2 aliphatic carbocycles. The van der Waals surface area contributed by atoms with E-state index in [0.717, 1.165) is 37.3 Å². The fourth-order valence-electron chi connectivity index (χ4n) is 4.31. The highest BCUT2D eigenvalue weighted by Crippen LogP contribution is 2.57. The lowest BCUT2D eigenvalue weighted by Gasteiger charge is -2.61. The molecule has 4 rings (SSSR count). The van der Waals surface area contributed by atoms with Crippen molar-refractivity contribution in [1.82, 2.24) is 24.9 Å². The minimum absolute atomic E-state index is 0.0171. The Kier molecular flexibility index (Phi) is 3.98. The SMILES string of the molecule is CCO[C@H]1C[C@@H](NC(=O)Cc2nc3nc(C)cc(C)n3n2)C12CCC2. The number of ether oxygens (including phenoxy) is 1. The largest absolute Gasteiger partial charge is 0.378 e. The molecule has 25 heavy (non-hydrogen) atoms. The maximum absolute atomic E-state index is 12.5. The van der Waals surface area contributed by atoms with Crippen LogP contribution in [0.5, 0.6) is 0 Å². The third kappa shape index (κ3) is 2.70. The summed E-state index contributed by atoms with van der Waals surface area (Å²) in [7, 11) is 0. The zero-order valence-corrected chi connectivity index (χ0v) is 15.1. The molecule has 2 atom stereocenters. The van der Waals surface area contributed by atoms with Crippen LogP contribution in [0, 0.1) is 19.3 Å². The average Bonchev–Trinajstić information content (AvgIpc) is 2.86. The first kappa shape index (κ1) is 16.4. The molecule has 2 heterocycles. The molecule has 7 heteroatoms. The van der Waals surface area contributed by atoms with E-state index < -0.39 is 0 Å². The summed E-state index contributed by atoms with van der Waals surface area (Å²) in [6.07, 6.45) is 4.94. The molecule has 2 aromatic heterocycles. The van der Waals surface area contributed by atoms with Crippen LogP contribution in [0.2, 0.25) is 0 Å². The lowest BCUT2D eigenvalue weighted by atomic mass is 9.51.